The summed E-state index contributed by atoms with van der Waals surface area (Å²) in [7, 11) is 0. The maximum Gasteiger partial charge on any atom is 0.450 e. The molecule has 5 aliphatic heterocycles. The number of allylic oxidation sites excluding steroid dienone is 5. The van der Waals surface area contributed by atoms with Crippen molar-refractivity contribution in [2.75, 3.05) is 88.4 Å². The molecule has 11 rings (SSSR count). The van der Waals surface area contributed by atoms with Crippen LogP contribution in [0.25, 0.3) is 11.1 Å². The van der Waals surface area contributed by atoms with E-state index in [1.54, 1.807) is 155 Å². The Morgan fingerprint density at radius 3 is 0.748 bits per heavy atom. The summed E-state index contributed by atoms with van der Waals surface area (Å²) in [5, 5.41) is 13.1. The van der Waals surface area contributed by atoms with Crippen LogP contribution in [0.3, 0.4) is 0 Å². The van der Waals surface area contributed by atoms with Gasteiger partial charge >= 0.3 is 30.9 Å². The van der Waals surface area contributed by atoms with Crippen LogP contribution in [0, 0.1) is 34.6 Å². The summed E-state index contributed by atoms with van der Waals surface area (Å²) >= 11 is 10.4. The van der Waals surface area contributed by atoms with Gasteiger partial charge in [0.1, 0.15) is 24.5 Å². The number of halogens is 16. The molecule has 5 aliphatic rings. The summed E-state index contributed by atoms with van der Waals surface area (Å²) in [5.74, 6) is -8.57. The minimum absolute atomic E-state index is 0.0549. The molecule has 0 saturated heterocycles. The summed E-state index contributed by atoms with van der Waals surface area (Å²) in [6, 6.07) is 39.8. The van der Waals surface area contributed by atoms with Crippen LogP contribution in [0.5, 0.6) is 0 Å². The van der Waals surface area contributed by atoms with Crippen molar-refractivity contribution in [3.8, 4) is 11.1 Å². The van der Waals surface area contributed by atoms with Crippen LogP contribution in [0.15, 0.2) is 193 Å². The van der Waals surface area contributed by atoms with Gasteiger partial charge < -0.3 is 50.3 Å². The standard InChI is InChI=1S/C19H15ClF3NO2S.4C13H12F3NO2S/c1-11-6-7-12(10-14(11)20)13-4-2-3-5-15(13)24-18(25)16-17(19(21,22)23)26-8-9-27-16;4*1-8-4-2-3-5-9(8)17-12(18)10-11(13(14,15)16)19-6-7-20-10/h2-7,10H,8-9H2,1H3,(H,24,25);4*2-5H,6-7H2,1H3,(H,17,18). The number of hydrogen-bond donors (Lipinski definition) is 5. The minimum Gasteiger partial charge on any atom is -0.487 e. The van der Waals surface area contributed by atoms with Crippen LogP contribution < -0.4 is 26.6 Å². The molecule has 5 N–H and O–H groups in total. The predicted octanol–water partition coefficient (Wildman–Crippen LogP) is 19.7. The van der Waals surface area contributed by atoms with Gasteiger partial charge in [-0.15, -0.1) is 58.8 Å². The Labute approximate surface area is 629 Å². The van der Waals surface area contributed by atoms with Crippen molar-refractivity contribution >= 4 is 128 Å². The Morgan fingerprint density at radius 1 is 0.308 bits per heavy atom. The van der Waals surface area contributed by atoms with Crippen molar-refractivity contribution in [1.29, 1.82) is 0 Å². The Morgan fingerprint density at radius 2 is 0.523 bits per heavy atom. The third kappa shape index (κ3) is 25.0. The van der Waals surface area contributed by atoms with Crippen LogP contribution in [0.1, 0.15) is 27.8 Å². The molecule has 0 saturated carbocycles. The van der Waals surface area contributed by atoms with E-state index in [0.717, 1.165) is 92.2 Å². The fourth-order valence-corrected chi connectivity index (χ4v) is 13.8. The number of benzene rings is 6. The highest BCUT2D eigenvalue weighted by Gasteiger charge is 2.47. The number of aryl methyl sites for hydroxylation is 5. The SMILES string of the molecule is Cc1ccc(-c2ccccc2NC(=O)C2=C(C(F)(F)F)OCCS2)cc1Cl.Cc1ccccc1NC(=O)C1=C(C(F)(F)F)OCCS1.Cc1ccccc1NC(=O)C1=C(C(F)(F)F)OCCS1.Cc1ccccc1NC(=O)C1=C(C(F)(F)F)OCCS1.Cc1ccccc1NC(=O)C1=C(C(F)(F)F)OCCS1. The van der Waals surface area contributed by atoms with Gasteiger partial charge in [-0.25, -0.2) is 0 Å². The third-order valence-electron chi connectivity index (χ3n) is 14.5. The number of anilines is 5. The Bertz CT molecular complexity index is 3990. The van der Waals surface area contributed by atoms with E-state index >= 15 is 0 Å². The topological polar surface area (TPSA) is 192 Å². The average molecular weight is 1630 g/mol. The lowest BCUT2D eigenvalue weighted by atomic mass is 10.0. The second-order valence-electron chi connectivity index (χ2n) is 22.3. The van der Waals surface area contributed by atoms with Crippen molar-refractivity contribution in [2.24, 2.45) is 0 Å². The number of ether oxygens (including phenoxy) is 5. The fraction of sp³-hybridized carbons (Fsp3) is 0.282. The van der Waals surface area contributed by atoms with Gasteiger partial charge in [-0.05, 0) is 104 Å². The van der Waals surface area contributed by atoms with Crippen molar-refractivity contribution in [3.05, 3.63) is 226 Å². The molecule has 6 aromatic rings. The number of alkyl halides is 15. The predicted molar refractivity (Wildman–Crippen MR) is 387 cm³/mol. The zero-order valence-electron chi connectivity index (χ0n) is 56.5. The normalized spacial score (nSPS) is 15.5. The molecule has 6 aromatic carbocycles. The fourth-order valence-electron chi connectivity index (χ4n) is 9.34. The monoisotopic (exact) mass is 1630 g/mol. The number of rotatable bonds is 11. The zero-order chi connectivity index (χ0) is 78.6. The number of para-hydroxylation sites is 5. The lowest BCUT2D eigenvalue weighted by Gasteiger charge is -2.22. The van der Waals surface area contributed by atoms with E-state index in [2.05, 4.69) is 45.5 Å². The van der Waals surface area contributed by atoms with Crippen molar-refractivity contribution in [1.82, 2.24) is 0 Å². The van der Waals surface area contributed by atoms with E-state index < -0.39 is 114 Å². The molecular formula is C71H63ClF15N5O10S5. The van der Waals surface area contributed by atoms with Crippen LogP contribution >= 0.6 is 70.4 Å². The molecule has 0 atom stereocenters. The molecule has 0 bridgehead atoms. The number of carbonyl (C=O) groups excluding carboxylic acids is 5. The first-order valence-electron chi connectivity index (χ1n) is 31.3. The summed E-state index contributed by atoms with van der Waals surface area (Å²) in [6.45, 7) is 8.61. The van der Waals surface area contributed by atoms with Crippen molar-refractivity contribution in [3.63, 3.8) is 0 Å². The Balaban J connectivity index is 0.000000188. The molecule has 5 amide bonds. The smallest absolute Gasteiger partial charge is 0.450 e. The largest absolute Gasteiger partial charge is 0.487 e. The molecule has 107 heavy (non-hydrogen) atoms. The van der Waals surface area contributed by atoms with Crippen LogP contribution in [-0.4, -0.2) is 122 Å². The summed E-state index contributed by atoms with van der Waals surface area (Å²) < 4.78 is 216. The second-order valence-corrected chi connectivity index (χ2v) is 28.2. The molecule has 36 heteroatoms. The van der Waals surface area contributed by atoms with Crippen molar-refractivity contribution < 1.29 is 114 Å². The van der Waals surface area contributed by atoms with Crippen LogP contribution in [0.4, 0.5) is 94.3 Å². The van der Waals surface area contributed by atoms with Gasteiger partial charge in [-0.3, -0.25) is 24.0 Å². The zero-order valence-corrected chi connectivity index (χ0v) is 61.4. The number of nitrogens with one attached hydrogen (secondary N) is 5. The van der Waals surface area contributed by atoms with E-state index in [0.29, 0.717) is 62.0 Å². The van der Waals surface area contributed by atoms with E-state index in [9.17, 15) is 89.8 Å². The van der Waals surface area contributed by atoms with E-state index in [1.165, 1.54) is 0 Å². The van der Waals surface area contributed by atoms with Crippen LogP contribution in [0.2, 0.25) is 5.02 Å². The van der Waals surface area contributed by atoms with E-state index in [1.807, 2.05) is 19.1 Å². The highest BCUT2D eigenvalue weighted by molar-refractivity contribution is 8.05. The Kier molecular flexibility index (Phi) is 30.8. The summed E-state index contributed by atoms with van der Waals surface area (Å²) in [5.41, 5.74) is 7.73. The van der Waals surface area contributed by atoms with Gasteiger partial charge in [0, 0.05) is 67.8 Å². The molecule has 0 spiro atoms. The summed E-state index contributed by atoms with van der Waals surface area (Å²) in [6.07, 6.45) is -23.4. The lowest BCUT2D eigenvalue weighted by molar-refractivity contribution is -0.133. The van der Waals surface area contributed by atoms with Gasteiger partial charge in [-0.1, -0.05) is 115 Å². The lowest BCUT2D eigenvalue weighted by Crippen LogP contribution is -2.26. The van der Waals surface area contributed by atoms with Gasteiger partial charge in [0.25, 0.3) is 29.5 Å². The molecule has 15 nitrogen and oxygen atoms in total. The van der Waals surface area contributed by atoms with Gasteiger partial charge in [0.05, 0.1) is 33.0 Å². The second kappa shape index (κ2) is 38.4. The first-order valence-corrected chi connectivity index (χ1v) is 36.7. The number of amides is 5. The third-order valence-corrected chi connectivity index (χ3v) is 20.0. The first kappa shape index (κ1) is 85.6. The molecular weight excluding hydrogens is 1560 g/mol. The van der Waals surface area contributed by atoms with Gasteiger partial charge in [0.15, 0.2) is 0 Å². The highest BCUT2D eigenvalue weighted by Crippen LogP contribution is 2.43. The molecule has 0 fully saturated rings. The quantitative estimate of drug-likeness (QED) is 0.0769. The number of thioether (sulfide) groups is 5. The van der Waals surface area contributed by atoms with Gasteiger partial charge in [-0.2, -0.15) is 65.9 Å². The first-order chi connectivity index (χ1) is 50.3. The molecule has 0 radical (unpaired) electrons. The van der Waals surface area contributed by atoms with Crippen LogP contribution in [-0.2, 0) is 47.7 Å². The average Bonchev–Trinajstić information content (AvgIpc) is 0.826. The molecule has 0 unspecified atom stereocenters. The van der Waals surface area contributed by atoms with Crippen molar-refractivity contribution in [2.45, 2.75) is 65.5 Å². The maximum atomic E-state index is 13.1. The van der Waals surface area contributed by atoms with Gasteiger partial charge in [0.2, 0.25) is 28.8 Å². The minimum atomic E-state index is -4.72. The molecule has 0 aromatic heterocycles. The Hall–Kier alpha value is -8.64. The number of carbonyl (C=O) groups is 5. The maximum absolute atomic E-state index is 13.1. The highest BCUT2D eigenvalue weighted by atomic mass is 35.5. The molecule has 5 heterocycles. The summed E-state index contributed by atoms with van der Waals surface area (Å²) in [4.78, 5) is 58.4. The van der Waals surface area contributed by atoms with E-state index in [-0.39, 0.29) is 38.8 Å². The molecule has 0 aliphatic carbocycles. The number of hydrogen-bond acceptors (Lipinski definition) is 15. The molecule has 574 valence electrons. The van der Waals surface area contributed by atoms with E-state index in [4.69, 9.17) is 16.3 Å².